The lowest BCUT2D eigenvalue weighted by molar-refractivity contribution is 0.0728. The molecule has 1 aromatic heterocycles. The molecule has 1 aromatic rings. The van der Waals surface area contributed by atoms with Gasteiger partial charge in [0, 0.05) is 50.3 Å². The number of hydrogen-bond donors (Lipinski definition) is 1. The molecule has 1 saturated heterocycles. The molecule has 2 heterocycles. The van der Waals surface area contributed by atoms with Gasteiger partial charge < -0.3 is 14.7 Å². The maximum absolute atomic E-state index is 12.4. The first-order chi connectivity index (χ1) is 9.56. The highest BCUT2D eigenvalue weighted by Gasteiger charge is 2.28. The van der Waals surface area contributed by atoms with Gasteiger partial charge in [-0.1, -0.05) is 12.1 Å². The normalized spacial score (nSPS) is 21.2. The highest BCUT2D eigenvalue weighted by molar-refractivity contribution is 5.96. The van der Waals surface area contributed by atoms with E-state index in [1.54, 1.807) is 24.2 Å². The molecular formula is C14H19N3O3. The summed E-state index contributed by atoms with van der Waals surface area (Å²) >= 11 is 0. The maximum atomic E-state index is 12.4. The number of carbonyl (C=O) groups is 1. The third-order valence-electron chi connectivity index (χ3n) is 3.81. The van der Waals surface area contributed by atoms with Gasteiger partial charge in [0.05, 0.1) is 5.71 Å². The first kappa shape index (κ1) is 14.3. The zero-order valence-electron chi connectivity index (χ0n) is 11.7. The Kier molecular flexibility index (Phi) is 4.22. The summed E-state index contributed by atoms with van der Waals surface area (Å²) in [7, 11) is 1.65. The molecule has 1 N–H and O–H groups in total. The Balaban J connectivity index is 2.17. The molecule has 1 aliphatic heterocycles. The number of aromatic nitrogens is 1. The van der Waals surface area contributed by atoms with E-state index in [-0.39, 0.29) is 17.4 Å². The maximum Gasteiger partial charge on any atom is 0.254 e. The van der Waals surface area contributed by atoms with Crippen LogP contribution in [0.25, 0.3) is 0 Å². The average molecular weight is 277 g/mol. The Morgan fingerprint density at radius 3 is 2.90 bits per heavy atom. The quantitative estimate of drug-likeness (QED) is 0.649. The van der Waals surface area contributed by atoms with E-state index in [1.165, 1.54) is 10.6 Å². The van der Waals surface area contributed by atoms with Crippen molar-refractivity contribution in [1.29, 1.82) is 0 Å². The summed E-state index contributed by atoms with van der Waals surface area (Å²) in [5.41, 5.74) is 0.963. The Bertz CT molecular complexity index is 592. The lowest BCUT2D eigenvalue weighted by Gasteiger charge is -2.32. The van der Waals surface area contributed by atoms with Crippen LogP contribution in [0, 0.1) is 5.92 Å². The van der Waals surface area contributed by atoms with E-state index >= 15 is 0 Å². The molecule has 6 heteroatoms. The highest BCUT2D eigenvalue weighted by Crippen LogP contribution is 2.19. The largest absolute Gasteiger partial charge is 0.411 e. The molecule has 0 aliphatic carbocycles. The lowest BCUT2D eigenvalue weighted by atomic mass is 9.93. The molecule has 108 valence electrons. The Morgan fingerprint density at radius 1 is 1.55 bits per heavy atom. The van der Waals surface area contributed by atoms with Gasteiger partial charge in [0.1, 0.15) is 0 Å². The summed E-state index contributed by atoms with van der Waals surface area (Å²) in [5, 5.41) is 12.3. The minimum atomic E-state index is -0.197. The molecular weight excluding hydrogens is 258 g/mol. The second-order valence-corrected chi connectivity index (χ2v) is 5.06. The van der Waals surface area contributed by atoms with Gasteiger partial charge >= 0.3 is 0 Å². The predicted molar refractivity (Wildman–Crippen MR) is 75.2 cm³/mol. The van der Waals surface area contributed by atoms with Crippen molar-refractivity contribution in [1.82, 2.24) is 9.47 Å². The van der Waals surface area contributed by atoms with E-state index in [0.29, 0.717) is 25.1 Å². The summed E-state index contributed by atoms with van der Waals surface area (Å²) in [5.74, 6) is -0.0533. The summed E-state index contributed by atoms with van der Waals surface area (Å²) in [6.45, 7) is 3.05. The van der Waals surface area contributed by atoms with Gasteiger partial charge in [0.2, 0.25) is 0 Å². The molecule has 0 aromatic carbocycles. The zero-order valence-corrected chi connectivity index (χ0v) is 11.7. The first-order valence-corrected chi connectivity index (χ1v) is 6.73. The number of amides is 1. The summed E-state index contributed by atoms with van der Waals surface area (Å²) in [6, 6.07) is 3.01. The second kappa shape index (κ2) is 5.90. The van der Waals surface area contributed by atoms with Gasteiger partial charge in [-0.05, 0) is 12.5 Å². The molecule has 1 unspecified atom stereocenters. The van der Waals surface area contributed by atoms with E-state index in [2.05, 4.69) is 5.16 Å². The van der Waals surface area contributed by atoms with Crippen molar-refractivity contribution in [3.8, 4) is 0 Å². The van der Waals surface area contributed by atoms with Crippen molar-refractivity contribution in [3.05, 3.63) is 34.2 Å². The first-order valence-electron chi connectivity index (χ1n) is 6.73. The van der Waals surface area contributed by atoms with Crippen molar-refractivity contribution in [3.63, 3.8) is 0 Å². The Hall–Kier alpha value is -2.11. The van der Waals surface area contributed by atoms with Crippen molar-refractivity contribution < 1.29 is 10.0 Å². The van der Waals surface area contributed by atoms with Crippen LogP contribution >= 0.6 is 0 Å². The predicted octanol–water partition coefficient (Wildman–Crippen LogP) is 1.09. The van der Waals surface area contributed by atoms with Crippen molar-refractivity contribution in [2.75, 3.05) is 13.1 Å². The monoisotopic (exact) mass is 277 g/mol. The molecule has 1 aliphatic rings. The van der Waals surface area contributed by atoms with Crippen LogP contribution in [0.3, 0.4) is 0 Å². The fraction of sp³-hybridized carbons (Fsp3) is 0.500. The van der Waals surface area contributed by atoms with Gasteiger partial charge in [0.25, 0.3) is 11.5 Å². The minimum absolute atomic E-state index is 0.0873. The van der Waals surface area contributed by atoms with Gasteiger partial charge in [-0.15, -0.1) is 0 Å². The number of aryl methyl sites for hydroxylation is 1. The molecule has 1 fully saturated rings. The molecule has 0 bridgehead atoms. The van der Waals surface area contributed by atoms with Crippen LogP contribution in [0.1, 0.15) is 30.1 Å². The van der Waals surface area contributed by atoms with Crippen LogP contribution < -0.4 is 5.56 Å². The van der Waals surface area contributed by atoms with Crippen LogP contribution in [-0.4, -0.2) is 39.4 Å². The Morgan fingerprint density at radius 2 is 2.30 bits per heavy atom. The number of rotatable bonds is 2. The minimum Gasteiger partial charge on any atom is -0.411 e. The number of oxime groups is 1. The van der Waals surface area contributed by atoms with Gasteiger partial charge in [-0.3, -0.25) is 9.59 Å². The SMILES string of the molecule is CCC1CN(C(=O)c2ccn(C)c(=O)c2)CC/C1=N\O. The van der Waals surface area contributed by atoms with Gasteiger partial charge in [-0.2, -0.15) is 0 Å². The number of piperidine rings is 1. The summed E-state index contributed by atoms with van der Waals surface area (Å²) in [4.78, 5) is 25.7. The number of nitrogens with zero attached hydrogens (tertiary/aromatic N) is 3. The standard InChI is InChI=1S/C14H19N3O3/c1-3-10-9-17(7-5-12(10)15-20)14(19)11-4-6-16(2)13(18)8-11/h4,6,8,10,20H,3,5,7,9H2,1-2H3/b15-12+. The molecule has 1 amide bonds. The van der Waals surface area contributed by atoms with E-state index in [1.807, 2.05) is 6.92 Å². The summed E-state index contributed by atoms with van der Waals surface area (Å²) < 4.78 is 1.43. The van der Waals surface area contributed by atoms with Crippen molar-refractivity contribution >= 4 is 11.6 Å². The van der Waals surface area contributed by atoms with E-state index in [0.717, 1.165) is 12.1 Å². The smallest absolute Gasteiger partial charge is 0.254 e. The number of carbonyl (C=O) groups excluding carboxylic acids is 1. The second-order valence-electron chi connectivity index (χ2n) is 5.06. The number of likely N-dealkylation sites (tertiary alicyclic amines) is 1. The van der Waals surface area contributed by atoms with E-state index in [9.17, 15) is 9.59 Å². The lowest BCUT2D eigenvalue weighted by Crippen LogP contribution is -2.44. The number of hydrogen-bond acceptors (Lipinski definition) is 4. The van der Waals surface area contributed by atoms with Crippen molar-refractivity contribution in [2.24, 2.45) is 18.1 Å². The van der Waals surface area contributed by atoms with Gasteiger partial charge in [-0.25, -0.2) is 0 Å². The van der Waals surface area contributed by atoms with Crippen LogP contribution in [0.5, 0.6) is 0 Å². The topological polar surface area (TPSA) is 74.9 Å². The average Bonchev–Trinajstić information content (AvgIpc) is 2.48. The molecule has 0 spiro atoms. The van der Waals surface area contributed by atoms with Gasteiger partial charge in [0.15, 0.2) is 0 Å². The third kappa shape index (κ3) is 2.74. The molecule has 2 rings (SSSR count). The summed E-state index contributed by atoms with van der Waals surface area (Å²) in [6.07, 6.45) is 2.99. The zero-order chi connectivity index (χ0) is 14.7. The van der Waals surface area contributed by atoms with Crippen LogP contribution in [0.2, 0.25) is 0 Å². The Labute approximate surface area is 117 Å². The molecule has 0 saturated carbocycles. The van der Waals surface area contributed by atoms with Crippen LogP contribution in [0.15, 0.2) is 28.3 Å². The molecule has 20 heavy (non-hydrogen) atoms. The van der Waals surface area contributed by atoms with Crippen LogP contribution in [-0.2, 0) is 7.05 Å². The van der Waals surface area contributed by atoms with E-state index in [4.69, 9.17) is 5.21 Å². The third-order valence-corrected chi connectivity index (χ3v) is 3.81. The molecule has 0 radical (unpaired) electrons. The van der Waals surface area contributed by atoms with E-state index < -0.39 is 0 Å². The fourth-order valence-electron chi connectivity index (χ4n) is 2.46. The molecule has 6 nitrogen and oxygen atoms in total. The molecule has 1 atom stereocenters. The highest BCUT2D eigenvalue weighted by atomic mass is 16.4. The number of pyridine rings is 1. The van der Waals surface area contributed by atoms with Crippen LogP contribution in [0.4, 0.5) is 0 Å². The fourth-order valence-corrected chi connectivity index (χ4v) is 2.46. The van der Waals surface area contributed by atoms with Crippen molar-refractivity contribution in [2.45, 2.75) is 19.8 Å².